The third-order valence-corrected chi connectivity index (χ3v) is 4.93. The minimum Gasteiger partial charge on any atom is -0.408 e. The van der Waals surface area contributed by atoms with Crippen molar-refractivity contribution in [1.29, 1.82) is 0 Å². The highest BCUT2D eigenvalue weighted by Crippen LogP contribution is 2.20. The van der Waals surface area contributed by atoms with E-state index in [0.717, 1.165) is 17.6 Å². The molecule has 0 unspecified atom stereocenters. The van der Waals surface area contributed by atoms with Gasteiger partial charge in [0.05, 0.1) is 23.1 Å². The number of benzene rings is 1. The second-order valence-electron chi connectivity index (χ2n) is 6.97. The molecule has 7 nitrogen and oxygen atoms in total. The molecule has 1 aliphatic rings. The molecule has 0 saturated carbocycles. The molecule has 1 atom stereocenters. The van der Waals surface area contributed by atoms with Crippen LogP contribution in [0, 0.1) is 5.92 Å². The van der Waals surface area contributed by atoms with E-state index in [-0.39, 0.29) is 18.4 Å². The first-order valence-corrected chi connectivity index (χ1v) is 10.5. The Bertz CT molecular complexity index is 672. The maximum Gasteiger partial charge on any atom is 0.480 e. The minimum atomic E-state index is -0.510. The highest BCUT2D eigenvalue weighted by molar-refractivity contribution is 9.10. The molecule has 0 aromatic heterocycles. The molecule has 1 aliphatic heterocycles. The fraction of sp³-hybridized carbons (Fsp3) is 0.556. The normalized spacial score (nSPS) is 16.2. The highest BCUT2D eigenvalue weighted by atomic mass is 79.9. The summed E-state index contributed by atoms with van der Waals surface area (Å²) in [6.45, 7) is 6.48. The van der Waals surface area contributed by atoms with Crippen molar-refractivity contribution in [2.45, 2.75) is 26.2 Å². The number of hydrogen-bond acceptors (Lipinski definition) is 5. The average Bonchev–Trinajstić information content (AvgIpc) is 2.60. The first kappa shape index (κ1) is 23.2. The molecular weight excluding hydrogens is 448 g/mol. The van der Waals surface area contributed by atoms with Gasteiger partial charge in [-0.25, -0.2) is 0 Å². The summed E-state index contributed by atoms with van der Waals surface area (Å²) in [7, 11) is -0.510. The summed E-state index contributed by atoms with van der Waals surface area (Å²) in [5.41, 5.74) is 0.307. The van der Waals surface area contributed by atoms with Gasteiger partial charge in [0.15, 0.2) is 0 Å². The van der Waals surface area contributed by atoms with Gasteiger partial charge in [0.2, 0.25) is 5.91 Å². The lowest BCUT2D eigenvalue weighted by Gasteiger charge is -2.27. The first-order valence-electron chi connectivity index (χ1n) is 9.33. The second-order valence-corrected chi connectivity index (χ2v) is 8.29. The van der Waals surface area contributed by atoms with E-state index in [2.05, 4.69) is 45.7 Å². The number of rotatable bonds is 7. The van der Waals surface area contributed by atoms with E-state index >= 15 is 0 Å². The molecule has 0 aliphatic carbocycles. The Morgan fingerprint density at radius 2 is 1.96 bits per heavy atom. The minimum absolute atomic E-state index is 0.162. The molecule has 154 valence electrons. The van der Waals surface area contributed by atoms with Gasteiger partial charge < -0.3 is 25.3 Å². The van der Waals surface area contributed by atoms with Crippen LogP contribution in [0.1, 0.15) is 30.6 Å². The molecule has 1 heterocycles. The lowest BCUT2D eigenvalue weighted by molar-refractivity contribution is -0.120. The Hall–Kier alpha value is -1.13. The van der Waals surface area contributed by atoms with Crippen LogP contribution in [0.15, 0.2) is 22.7 Å². The molecule has 0 radical (unpaired) electrons. The number of carbonyl (C=O) groups excluding carboxylic acids is 2. The van der Waals surface area contributed by atoms with E-state index in [1.165, 1.54) is 0 Å². The standard InChI is InChI=1S/C18H26BBrClN3O4/c1-12(2)9-16(19-27-7-5-22-6-8-28-19)24-17(25)11-23-18(26)14-10-13(20)3-4-15(14)21/h3-4,10,12,16,22H,5-9,11H2,1-2H3,(H,23,26)(H,24,25)/t16-/m0/s1. The van der Waals surface area contributed by atoms with Crippen LogP contribution >= 0.6 is 27.5 Å². The van der Waals surface area contributed by atoms with Crippen LogP contribution in [0.5, 0.6) is 0 Å². The predicted molar refractivity (Wildman–Crippen MR) is 113 cm³/mol. The van der Waals surface area contributed by atoms with Crippen molar-refractivity contribution in [1.82, 2.24) is 16.0 Å². The summed E-state index contributed by atoms with van der Waals surface area (Å²) in [5.74, 6) is -0.669. The fourth-order valence-corrected chi connectivity index (χ4v) is 3.40. The van der Waals surface area contributed by atoms with Gasteiger partial charge in [-0.3, -0.25) is 9.59 Å². The second kappa shape index (κ2) is 11.8. The Labute approximate surface area is 179 Å². The molecule has 0 spiro atoms. The van der Waals surface area contributed by atoms with Gasteiger partial charge in [0.25, 0.3) is 5.91 Å². The van der Waals surface area contributed by atoms with Gasteiger partial charge in [0, 0.05) is 30.8 Å². The van der Waals surface area contributed by atoms with E-state index in [4.69, 9.17) is 20.9 Å². The lowest BCUT2D eigenvalue weighted by atomic mass is 9.73. The third kappa shape index (κ3) is 7.71. The highest BCUT2D eigenvalue weighted by Gasteiger charge is 2.33. The largest absolute Gasteiger partial charge is 0.480 e. The van der Waals surface area contributed by atoms with Crippen molar-refractivity contribution in [3.63, 3.8) is 0 Å². The molecule has 10 heteroatoms. The Morgan fingerprint density at radius 1 is 1.29 bits per heavy atom. The third-order valence-electron chi connectivity index (χ3n) is 4.10. The topological polar surface area (TPSA) is 88.7 Å². The monoisotopic (exact) mass is 473 g/mol. The van der Waals surface area contributed by atoms with Crippen molar-refractivity contribution < 1.29 is 18.9 Å². The summed E-state index contributed by atoms with van der Waals surface area (Å²) in [4.78, 5) is 24.7. The van der Waals surface area contributed by atoms with Gasteiger partial charge in [-0.2, -0.15) is 0 Å². The van der Waals surface area contributed by atoms with Gasteiger partial charge >= 0.3 is 7.12 Å². The fourth-order valence-electron chi connectivity index (χ4n) is 2.83. The van der Waals surface area contributed by atoms with Crippen LogP contribution in [0.4, 0.5) is 0 Å². The van der Waals surface area contributed by atoms with Crippen LogP contribution in [0.2, 0.25) is 5.02 Å². The Morgan fingerprint density at radius 3 is 2.61 bits per heavy atom. The van der Waals surface area contributed by atoms with Gasteiger partial charge in [-0.1, -0.05) is 41.4 Å². The van der Waals surface area contributed by atoms with E-state index < -0.39 is 13.0 Å². The number of carbonyl (C=O) groups is 2. The summed E-state index contributed by atoms with van der Waals surface area (Å²) < 4.78 is 12.3. The molecular formula is C18H26BBrClN3O4. The van der Waals surface area contributed by atoms with Crippen molar-refractivity contribution in [2.24, 2.45) is 5.92 Å². The summed E-state index contributed by atoms with van der Waals surface area (Å²) in [5, 5.41) is 9.04. The van der Waals surface area contributed by atoms with Crippen LogP contribution < -0.4 is 16.0 Å². The van der Waals surface area contributed by atoms with Crippen molar-refractivity contribution in [3.05, 3.63) is 33.3 Å². The zero-order chi connectivity index (χ0) is 20.5. The van der Waals surface area contributed by atoms with Crippen LogP contribution in [0.25, 0.3) is 0 Å². The van der Waals surface area contributed by atoms with Crippen molar-refractivity contribution >= 4 is 46.5 Å². The quantitative estimate of drug-likeness (QED) is 0.527. The first-order chi connectivity index (χ1) is 13.4. The number of nitrogens with one attached hydrogen (secondary N) is 3. The van der Waals surface area contributed by atoms with E-state index in [9.17, 15) is 9.59 Å². The molecule has 1 saturated heterocycles. The van der Waals surface area contributed by atoms with Crippen LogP contribution in [-0.2, 0) is 14.1 Å². The van der Waals surface area contributed by atoms with E-state index in [0.29, 0.717) is 36.1 Å². The summed E-state index contributed by atoms with van der Waals surface area (Å²) in [6.07, 6.45) is 0.704. The smallest absolute Gasteiger partial charge is 0.408 e. The molecule has 2 amide bonds. The number of hydrogen-bond donors (Lipinski definition) is 3. The molecule has 28 heavy (non-hydrogen) atoms. The molecule has 1 fully saturated rings. The maximum absolute atomic E-state index is 12.4. The Balaban J connectivity index is 1.93. The maximum atomic E-state index is 12.4. The lowest BCUT2D eigenvalue weighted by Crippen LogP contribution is -2.53. The zero-order valence-corrected chi connectivity index (χ0v) is 18.4. The zero-order valence-electron chi connectivity index (χ0n) is 16.1. The molecule has 3 N–H and O–H groups in total. The molecule has 2 rings (SSSR count). The Kier molecular flexibility index (Phi) is 9.74. The van der Waals surface area contributed by atoms with Gasteiger partial charge in [0.1, 0.15) is 0 Å². The molecule has 0 bridgehead atoms. The average molecular weight is 475 g/mol. The molecule has 1 aromatic rings. The van der Waals surface area contributed by atoms with Gasteiger partial charge in [-0.05, 0) is 30.5 Å². The van der Waals surface area contributed by atoms with E-state index in [1.54, 1.807) is 18.2 Å². The number of amides is 2. The molecule has 1 aromatic carbocycles. The van der Waals surface area contributed by atoms with Crippen molar-refractivity contribution in [3.8, 4) is 0 Å². The summed E-state index contributed by atoms with van der Waals surface area (Å²) in [6, 6.07) is 4.98. The van der Waals surface area contributed by atoms with Crippen LogP contribution in [0.3, 0.4) is 0 Å². The predicted octanol–water partition coefficient (Wildman–Crippen LogP) is 2.03. The number of halogens is 2. The van der Waals surface area contributed by atoms with Gasteiger partial charge in [-0.15, -0.1) is 0 Å². The van der Waals surface area contributed by atoms with Crippen LogP contribution in [-0.4, -0.2) is 57.7 Å². The SMILES string of the molecule is CC(C)C[C@H](NC(=O)CNC(=O)c1cc(Br)ccc1Cl)B1OCCNCCO1. The van der Waals surface area contributed by atoms with Crippen molar-refractivity contribution in [2.75, 3.05) is 32.8 Å². The van der Waals surface area contributed by atoms with E-state index in [1.807, 2.05) is 0 Å². The summed E-state index contributed by atoms with van der Waals surface area (Å²) >= 11 is 9.36.